The van der Waals surface area contributed by atoms with Gasteiger partial charge in [0.15, 0.2) is 0 Å². The molecule has 0 fully saturated rings. The molecule has 2 heterocycles. The standard InChI is InChI=1S/C15H20N4O/c16-13(10-11-5-7-12(20)8-6-11)15-18-17-14-4-2-1-3-9-19(14)15/h5-8,13,20H,1-4,9-10,16H2. The molecule has 0 amide bonds. The Morgan fingerprint density at radius 3 is 2.75 bits per heavy atom. The Hall–Kier alpha value is -1.88. The first-order chi connectivity index (χ1) is 9.74. The third-order valence-corrected chi connectivity index (χ3v) is 3.86. The number of nitrogens with two attached hydrogens (primary N) is 1. The summed E-state index contributed by atoms with van der Waals surface area (Å²) in [5, 5.41) is 17.9. The van der Waals surface area contributed by atoms with Crippen molar-refractivity contribution in [2.24, 2.45) is 5.73 Å². The van der Waals surface area contributed by atoms with Gasteiger partial charge >= 0.3 is 0 Å². The maximum Gasteiger partial charge on any atom is 0.150 e. The van der Waals surface area contributed by atoms with Crippen molar-refractivity contribution in [3.63, 3.8) is 0 Å². The van der Waals surface area contributed by atoms with E-state index < -0.39 is 0 Å². The van der Waals surface area contributed by atoms with E-state index in [1.807, 2.05) is 12.1 Å². The van der Waals surface area contributed by atoms with E-state index in [4.69, 9.17) is 5.73 Å². The quantitative estimate of drug-likeness (QED) is 0.895. The maximum absolute atomic E-state index is 9.31. The van der Waals surface area contributed by atoms with Crippen molar-refractivity contribution in [3.05, 3.63) is 41.5 Å². The second-order valence-corrected chi connectivity index (χ2v) is 5.41. The van der Waals surface area contributed by atoms with E-state index >= 15 is 0 Å². The average Bonchev–Trinajstić information content (AvgIpc) is 2.71. The van der Waals surface area contributed by atoms with Crippen molar-refractivity contribution in [2.45, 2.75) is 44.7 Å². The fourth-order valence-corrected chi connectivity index (χ4v) is 2.76. The third-order valence-electron chi connectivity index (χ3n) is 3.86. The normalized spacial score (nSPS) is 16.4. The van der Waals surface area contributed by atoms with Gasteiger partial charge in [-0.25, -0.2) is 0 Å². The van der Waals surface area contributed by atoms with Crippen LogP contribution in [0.4, 0.5) is 0 Å². The number of benzene rings is 1. The lowest BCUT2D eigenvalue weighted by molar-refractivity contribution is 0.475. The SMILES string of the molecule is NC(Cc1ccc(O)cc1)c1nnc2n1CCCCC2. The van der Waals surface area contributed by atoms with Crippen LogP contribution in [0.1, 0.15) is 42.5 Å². The monoisotopic (exact) mass is 272 g/mol. The molecule has 0 bridgehead atoms. The van der Waals surface area contributed by atoms with Crippen molar-refractivity contribution < 1.29 is 5.11 Å². The first-order valence-corrected chi connectivity index (χ1v) is 7.19. The van der Waals surface area contributed by atoms with E-state index in [1.54, 1.807) is 12.1 Å². The molecule has 5 nitrogen and oxygen atoms in total. The van der Waals surface area contributed by atoms with Gasteiger partial charge in [-0.1, -0.05) is 18.6 Å². The number of aromatic hydroxyl groups is 1. The summed E-state index contributed by atoms with van der Waals surface area (Å²) in [5.74, 6) is 2.23. The number of hydrogen-bond acceptors (Lipinski definition) is 4. The van der Waals surface area contributed by atoms with Crippen molar-refractivity contribution in [3.8, 4) is 5.75 Å². The van der Waals surface area contributed by atoms with Gasteiger partial charge in [-0.3, -0.25) is 0 Å². The first kappa shape index (κ1) is 13.1. The van der Waals surface area contributed by atoms with Crippen molar-refractivity contribution in [2.75, 3.05) is 0 Å². The largest absolute Gasteiger partial charge is 0.508 e. The molecule has 1 aromatic heterocycles. The number of fused-ring (bicyclic) bond motifs is 1. The van der Waals surface area contributed by atoms with Crippen LogP contribution in [0.15, 0.2) is 24.3 Å². The van der Waals surface area contributed by atoms with Gasteiger partial charge in [0.05, 0.1) is 6.04 Å². The van der Waals surface area contributed by atoms with Gasteiger partial charge in [0.2, 0.25) is 0 Å². The predicted octanol–water partition coefficient (Wildman–Crippen LogP) is 1.95. The topological polar surface area (TPSA) is 77.0 Å². The number of phenols is 1. The smallest absolute Gasteiger partial charge is 0.150 e. The van der Waals surface area contributed by atoms with Gasteiger partial charge in [0.1, 0.15) is 17.4 Å². The molecule has 0 saturated heterocycles. The van der Waals surface area contributed by atoms with Crippen LogP contribution < -0.4 is 5.73 Å². The molecule has 0 aliphatic carbocycles. The summed E-state index contributed by atoms with van der Waals surface area (Å²) < 4.78 is 2.19. The fourth-order valence-electron chi connectivity index (χ4n) is 2.76. The number of nitrogens with zero attached hydrogens (tertiary/aromatic N) is 3. The lowest BCUT2D eigenvalue weighted by Gasteiger charge is -2.13. The molecular weight excluding hydrogens is 252 g/mol. The van der Waals surface area contributed by atoms with Crippen LogP contribution in [-0.2, 0) is 19.4 Å². The summed E-state index contributed by atoms with van der Waals surface area (Å²) in [5.41, 5.74) is 7.40. The van der Waals surface area contributed by atoms with Crippen LogP contribution in [0.5, 0.6) is 5.75 Å². The minimum Gasteiger partial charge on any atom is -0.508 e. The molecule has 0 saturated carbocycles. The summed E-state index contributed by atoms with van der Waals surface area (Å²) in [6.07, 6.45) is 5.31. The van der Waals surface area contributed by atoms with E-state index in [-0.39, 0.29) is 11.8 Å². The van der Waals surface area contributed by atoms with Crippen LogP contribution in [0.3, 0.4) is 0 Å². The second-order valence-electron chi connectivity index (χ2n) is 5.41. The van der Waals surface area contributed by atoms with Crippen LogP contribution in [0, 0.1) is 0 Å². The van der Waals surface area contributed by atoms with Gasteiger partial charge in [0, 0.05) is 13.0 Å². The Morgan fingerprint density at radius 2 is 1.95 bits per heavy atom. The Morgan fingerprint density at radius 1 is 1.15 bits per heavy atom. The van der Waals surface area contributed by atoms with Crippen molar-refractivity contribution in [1.82, 2.24) is 14.8 Å². The lowest BCUT2D eigenvalue weighted by atomic mass is 10.1. The Balaban J connectivity index is 1.78. The highest BCUT2D eigenvalue weighted by Gasteiger charge is 2.19. The number of aromatic nitrogens is 3. The molecule has 3 rings (SSSR count). The average molecular weight is 272 g/mol. The lowest BCUT2D eigenvalue weighted by Crippen LogP contribution is -2.19. The maximum atomic E-state index is 9.31. The van der Waals surface area contributed by atoms with Crippen LogP contribution in [-0.4, -0.2) is 19.9 Å². The summed E-state index contributed by atoms with van der Waals surface area (Å²) in [6.45, 7) is 0.973. The van der Waals surface area contributed by atoms with Gasteiger partial charge in [-0.2, -0.15) is 0 Å². The zero-order chi connectivity index (χ0) is 13.9. The molecule has 1 aliphatic rings. The first-order valence-electron chi connectivity index (χ1n) is 7.19. The second kappa shape index (κ2) is 5.63. The van der Waals surface area contributed by atoms with Crippen LogP contribution in [0.25, 0.3) is 0 Å². The number of hydrogen-bond donors (Lipinski definition) is 2. The zero-order valence-corrected chi connectivity index (χ0v) is 11.5. The van der Waals surface area contributed by atoms with Gasteiger partial charge in [-0.15, -0.1) is 10.2 Å². The van der Waals surface area contributed by atoms with E-state index in [0.29, 0.717) is 6.42 Å². The summed E-state index contributed by atoms with van der Waals surface area (Å²) in [6, 6.07) is 7.02. The summed E-state index contributed by atoms with van der Waals surface area (Å²) in [4.78, 5) is 0. The molecule has 5 heteroatoms. The Labute approximate surface area is 118 Å². The number of phenolic OH excluding ortho intramolecular Hbond substituents is 1. The molecule has 2 aromatic rings. The minimum atomic E-state index is -0.154. The Bertz CT molecular complexity index is 576. The molecule has 1 aromatic carbocycles. The highest BCUT2D eigenvalue weighted by atomic mass is 16.3. The highest BCUT2D eigenvalue weighted by Crippen LogP contribution is 2.21. The predicted molar refractivity (Wildman–Crippen MR) is 76.3 cm³/mol. The van der Waals surface area contributed by atoms with E-state index in [2.05, 4.69) is 14.8 Å². The molecule has 20 heavy (non-hydrogen) atoms. The number of aryl methyl sites for hydroxylation is 1. The summed E-state index contributed by atoms with van der Waals surface area (Å²) >= 11 is 0. The molecule has 1 aliphatic heterocycles. The van der Waals surface area contributed by atoms with Crippen LogP contribution in [0.2, 0.25) is 0 Å². The van der Waals surface area contributed by atoms with Gasteiger partial charge in [0.25, 0.3) is 0 Å². The van der Waals surface area contributed by atoms with E-state index in [9.17, 15) is 5.11 Å². The molecule has 1 atom stereocenters. The Kier molecular flexibility index (Phi) is 3.69. The molecule has 3 N–H and O–H groups in total. The molecule has 0 radical (unpaired) electrons. The fraction of sp³-hybridized carbons (Fsp3) is 0.467. The van der Waals surface area contributed by atoms with Crippen molar-refractivity contribution in [1.29, 1.82) is 0 Å². The summed E-state index contributed by atoms with van der Waals surface area (Å²) in [7, 11) is 0. The molecule has 1 unspecified atom stereocenters. The van der Waals surface area contributed by atoms with Gasteiger partial charge in [-0.05, 0) is 37.0 Å². The minimum absolute atomic E-state index is 0.154. The van der Waals surface area contributed by atoms with Crippen molar-refractivity contribution >= 4 is 0 Å². The molecule has 0 spiro atoms. The zero-order valence-electron chi connectivity index (χ0n) is 11.5. The number of rotatable bonds is 3. The van der Waals surface area contributed by atoms with Crippen LogP contribution >= 0.6 is 0 Å². The molecule has 106 valence electrons. The van der Waals surface area contributed by atoms with E-state index in [0.717, 1.165) is 30.2 Å². The third kappa shape index (κ3) is 2.67. The van der Waals surface area contributed by atoms with Gasteiger partial charge < -0.3 is 15.4 Å². The molecular formula is C15H20N4O. The van der Waals surface area contributed by atoms with E-state index in [1.165, 1.54) is 19.3 Å². The highest BCUT2D eigenvalue weighted by molar-refractivity contribution is 5.27.